The summed E-state index contributed by atoms with van der Waals surface area (Å²) in [6.45, 7) is 9.44. The zero-order chi connectivity index (χ0) is 12.4. The molecule has 1 unspecified atom stereocenters. The van der Waals surface area contributed by atoms with E-state index in [-0.39, 0.29) is 0 Å². The highest BCUT2D eigenvalue weighted by Gasteiger charge is 2.29. The van der Waals surface area contributed by atoms with E-state index in [1.54, 1.807) is 0 Å². The molecule has 2 fully saturated rings. The lowest BCUT2D eigenvalue weighted by Gasteiger charge is -2.44. The first-order valence-electron chi connectivity index (χ1n) is 6.93. The maximum Gasteiger partial charge on any atom is 0.0346 e. The molecular weight excluding hydrogens is 224 g/mol. The number of aromatic nitrogens is 1. The van der Waals surface area contributed by atoms with Gasteiger partial charge in [-0.3, -0.25) is 14.8 Å². The van der Waals surface area contributed by atoms with Gasteiger partial charge in [-0.2, -0.15) is 0 Å². The van der Waals surface area contributed by atoms with Gasteiger partial charge in [-0.25, -0.2) is 0 Å². The van der Waals surface area contributed by atoms with Crippen LogP contribution in [0.2, 0.25) is 0 Å². The van der Waals surface area contributed by atoms with E-state index in [1.807, 2.05) is 12.4 Å². The van der Waals surface area contributed by atoms with Gasteiger partial charge >= 0.3 is 0 Å². The first-order valence-corrected chi connectivity index (χ1v) is 6.93. The van der Waals surface area contributed by atoms with Crippen LogP contribution in [0.25, 0.3) is 0 Å². The molecule has 0 aromatic carbocycles. The Morgan fingerprint density at radius 1 is 1.17 bits per heavy atom. The average Bonchev–Trinajstić information content (AvgIpc) is 2.38. The van der Waals surface area contributed by atoms with Gasteiger partial charge in [-0.15, -0.1) is 0 Å². The molecule has 1 aromatic heterocycles. The summed E-state index contributed by atoms with van der Waals surface area (Å²) in [5, 5.41) is 3.36. The van der Waals surface area contributed by atoms with Gasteiger partial charge in [0.15, 0.2) is 0 Å². The molecule has 2 aliphatic heterocycles. The number of rotatable bonds is 3. The first kappa shape index (κ1) is 12.1. The minimum absolute atomic E-state index is 0.509. The standard InChI is InChI=1S/C14H22N4/c1-12(13-2-4-15-5-3-13)17-6-8-18(9-7-17)14-10-16-11-14/h2-5,12,14,16H,6-11H2,1H3. The predicted octanol–water partition coefficient (Wildman–Crippen LogP) is 0.732. The fourth-order valence-electron chi connectivity index (χ4n) is 2.87. The molecule has 4 nitrogen and oxygen atoms in total. The van der Waals surface area contributed by atoms with Crippen molar-refractivity contribution in [1.29, 1.82) is 0 Å². The summed E-state index contributed by atoms with van der Waals surface area (Å²) in [5.74, 6) is 0. The van der Waals surface area contributed by atoms with Crippen molar-refractivity contribution in [2.45, 2.75) is 19.0 Å². The van der Waals surface area contributed by atoms with E-state index in [4.69, 9.17) is 0 Å². The summed E-state index contributed by atoms with van der Waals surface area (Å²) >= 11 is 0. The summed E-state index contributed by atoms with van der Waals surface area (Å²) in [7, 11) is 0. The van der Waals surface area contributed by atoms with E-state index in [1.165, 1.54) is 44.8 Å². The zero-order valence-corrected chi connectivity index (χ0v) is 11.0. The predicted molar refractivity (Wildman–Crippen MR) is 72.5 cm³/mol. The minimum atomic E-state index is 0.509. The number of hydrogen-bond acceptors (Lipinski definition) is 4. The molecule has 1 aromatic rings. The average molecular weight is 246 g/mol. The molecule has 0 amide bonds. The van der Waals surface area contributed by atoms with Crippen LogP contribution >= 0.6 is 0 Å². The quantitative estimate of drug-likeness (QED) is 0.852. The Morgan fingerprint density at radius 3 is 2.39 bits per heavy atom. The molecule has 2 aliphatic rings. The Kier molecular flexibility index (Phi) is 3.59. The molecular formula is C14H22N4. The molecule has 4 heteroatoms. The van der Waals surface area contributed by atoms with E-state index in [0.29, 0.717) is 6.04 Å². The number of nitrogens with zero attached hydrogens (tertiary/aromatic N) is 3. The molecule has 0 aliphatic carbocycles. The Morgan fingerprint density at radius 2 is 1.83 bits per heavy atom. The van der Waals surface area contributed by atoms with Gasteiger partial charge in [0.05, 0.1) is 0 Å². The third kappa shape index (κ3) is 2.41. The Hall–Kier alpha value is -0.970. The van der Waals surface area contributed by atoms with Crippen LogP contribution in [0, 0.1) is 0 Å². The monoisotopic (exact) mass is 246 g/mol. The van der Waals surface area contributed by atoms with Gasteiger partial charge < -0.3 is 5.32 Å². The fourth-order valence-corrected chi connectivity index (χ4v) is 2.87. The molecule has 2 saturated heterocycles. The van der Waals surface area contributed by atoms with Gasteiger partial charge in [0.2, 0.25) is 0 Å². The third-order valence-corrected chi connectivity index (χ3v) is 4.36. The summed E-state index contributed by atoms with van der Waals surface area (Å²) < 4.78 is 0. The molecule has 1 N–H and O–H groups in total. The van der Waals surface area contributed by atoms with Crippen molar-refractivity contribution in [2.75, 3.05) is 39.3 Å². The molecule has 0 bridgehead atoms. The molecule has 1 atom stereocenters. The van der Waals surface area contributed by atoms with E-state index in [0.717, 1.165) is 6.04 Å². The molecule has 98 valence electrons. The van der Waals surface area contributed by atoms with Gasteiger partial charge in [0.1, 0.15) is 0 Å². The van der Waals surface area contributed by atoms with Crippen LogP contribution in [0.3, 0.4) is 0 Å². The topological polar surface area (TPSA) is 31.4 Å². The largest absolute Gasteiger partial charge is 0.314 e. The van der Waals surface area contributed by atoms with Crippen LogP contribution in [0.1, 0.15) is 18.5 Å². The smallest absolute Gasteiger partial charge is 0.0346 e. The molecule has 0 saturated carbocycles. The molecule has 3 heterocycles. The van der Waals surface area contributed by atoms with Crippen LogP contribution in [-0.4, -0.2) is 60.1 Å². The van der Waals surface area contributed by atoms with Crippen molar-refractivity contribution in [3.63, 3.8) is 0 Å². The van der Waals surface area contributed by atoms with Crippen molar-refractivity contribution in [3.05, 3.63) is 30.1 Å². The van der Waals surface area contributed by atoms with Crippen LogP contribution in [-0.2, 0) is 0 Å². The maximum atomic E-state index is 4.09. The summed E-state index contributed by atoms with van der Waals surface area (Å²) in [4.78, 5) is 9.31. The summed E-state index contributed by atoms with van der Waals surface area (Å²) in [6.07, 6.45) is 3.78. The fraction of sp³-hybridized carbons (Fsp3) is 0.643. The normalized spacial score (nSPS) is 24.7. The number of pyridine rings is 1. The lowest BCUT2D eigenvalue weighted by atomic mass is 10.1. The second-order valence-corrected chi connectivity index (χ2v) is 5.34. The second kappa shape index (κ2) is 5.34. The molecule has 0 spiro atoms. The van der Waals surface area contributed by atoms with Gasteiger partial charge in [-0.05, 0) is 24.6 Å². The van der Waals surface area contributed by atoms with Crippen LogP contribution in [0.4, 0.5) is 0 Å². The Labute approximate surface area is 109 Å². The lowest BCUT2D eigenvalue weighted by Crippen LogP contribution is -2.61. The first-order chi connectivity index (χ1) is 8.84. The zero-order valence-electron chi connectivity index (χ0n) is 11.0. The Bertz CT molecular complexity index is 369. The van der Waals surface area contributed by atoms with Gasteiger partial charge in [0.25, 0.3) is 0 Å². The van der Waals surface area contributed by atoms with E-state index in [2.05, 4.69) is 39.2 Å². The number of hydrogen-bond donors (Lipinski definition) is 1. The number of piperazine rings is 1. The van der Waals surface area contributed by atoms with Crippen molar-refractivity contribution in [2.24, 2.45) is 0 Å². The van der Waals surface area contributed by atoms with Crippen LogP contribution < -0.4 is 5.32 Å². The van der Waals surface area contributed by atoms with Crippen molar-refractivity contribution < 1.29 is 0 Å². The highest BCUT2D eigenvalue weighted by Crippen LogP contribution is 2.21. The molecule has 18 heavy (non-hydrogen) atoms. The SMILES string of the molecule is CC(c1ccncc1)N1CCN(C2CNC2)CC1. The summed E-state index contributed by atoms with van der Waals surface area (Å²) in [5.41, 5.74) is 1.38. The van der Waals surface area contributed by atoms with E-state index >= 15 is 0 Å². The lowest BCUT2D eigenvalue weighted by molar-refractivity contribution is 0.0552. The number of nitrogens with one attached hydrogen (secondary N) is 1. The van der Waals surface area contributed by atoms with E-state index < -0.39 is 0 Å². The van der Waals surface area contributed by atoms with Crippen molar-refractivity contribution in [1.82, 2.24) is 20.1 Å². The van der Waals surface area contributed by atoms with Gasteiger partial charge in [-0.1, -0.05) is 0 Å². The highest BCUT2D eigenvalue weighted by molar-refractivity contribution is 5.14. The third-order valence-electron chi connectivity index (χ3n) is 4.36. The summed E-state index contributed by atoms with van der Waals surface area (Å²) in [6, 6.07) is 5.57. The van der Waals surface area contributed by atoms with Crippen LogP contribution in [0.5, 0.6) is 0 Å². The second-order valence-electron chi connectivity index (χ2n) is 5.34. The van der Waals surface area contributed by atoms with Crippen LogP contribution in [0.15, 0.2) is 24.5 Å². The highest BCUT2D eigenvalue weighted by atomic mass is 15.3. The van der Waals surface area contributed by atoms with E-state index in [9.17, 15) is 0 Å². The van der Waals surface area contributed by atoms with Crippen molar-refractivity contribution >= 4 is 0 Å². The molecule has 0 radical (unpaired) electrons. The Balaban J connectivity index is 1.55. The van der Waals surface area contributed by atoms with Crippen molar-refractivity contribution in [3.8, 4) is 0 Å². The molecule has 3 rings (SSSR count). The van der Waals surface area contributed by atoms with Gasteiger partial charge in [0, 0.05) is 63.7 Å². The maximum absolute atomic E-state index is 4.09. The minimum Gasteiger partial charge on any atom is -0.314 e.